The molecule has 84 valence electrons. The van der Waals surface area contributed by atoms with E-state index in [-0.39, 0.29) is 6.61 Å². The lowest BCUT2D eigenvalue weighted by Gasteiger charge is -2.07. The van der Waals surface area contributed by atoms with Crippen LogP contribution < -0.4 is 0 Å². The molecule has 2 aromatic carbocycles. The second-order valence-corrected chi connectivity index (χ2v) is 4.49. The van der Waals surface area contributed by atoms with Gasteiger partial charge in [0.2, 0.25) is 0 Å². The van der Waals surface area contributed by atoms with Crippen LogP contribution in [0, 0.1) is 11.3 Å². The van der Waals surface area contributed by atoms with E-state index in [4.69, 9.17) is 10.4 Å². The highest BCUT2D eigenvalue weighted by Crippen LogP contribution is 2.29. The molecule has 0 saturated carbocycles. The third kappa shape index (κ3) is 2.38. The van der Waals surface area contributed by atoms with E-state index in [0.717, 1.165) is 21.2 Å². The summed E-state index contributed by atoms with van der Waals surface area (Å²) >= 11 is 3.37. The van der Waals surface area contributed by atoms with Gasteiger partial charge >= 0.3 is 0 Å². The number of benzene rings is 2. The van der Waals surface area contributed by atoms with Crippen LogP contribution in [0.1, 0.15) is 11.1 Å². The largest absolute Gasteiger partial charge is 0.392 e. The number of nitrogens with zero attached hydrogens (tertiary/aromatic N) is 1. The fourth-order valence-electron chi connectivity index (χ4n) is 1.72. The van der Waals surface area contributed by atoms with Gasteiger partial charge in [-0.1, -0.05) is 30.3 Å². The molecule has 2 nitrogen and oxygen atoms in total. The topological polar surface area (TPSA) is 44.0 Å². The third-order valence-corrected chi connectivity index (χ3v) is 3.21. The Balaban J connectivity index is 2.61. The van der Waals surface area contributed by atoms with Gasteiger partial charge in [0.15, 0.2) is 0 Å². The van der Waals surface area contributed by atoms with Gasteiger partial charge in [0.05, 0.1) is 12.2 Å². The highest BCUT2D eigenvalue weighted by Gasteiger charge is 2.08. The molecular weight excluding hydrogens is 278 g/mol. The maximum Gasteiger partial charge on any atom is 0.101 e. The van der Waals surface area contributed by atoms with Crippen molar-refractivity contribution in [2.45, 2.75) is 6.61 Å². The average molecular weight is 288 g/mol. The summed E-state index contributed by atoms with van der Waals surface area (Å²) in [4.78, 5) is 0. The van der Waals surface area contributed by atoms with Crippen molar-refractivity contribution in [2.24, 2.45) is 0 Å². The molecule has 0 saturated heterocycles. The number of aliphatic hydroxyl groups excluding tert-OH is 1. The number of halogens is 1. The molecule has 0 aliphatic rings. The zero-order chi connectivity index (χ0) is 12.3. The van der Waals surface area contributed by atoms with Crippen LogP contribution in [0.3, 0.4) is 0 Å². The molecule has 2 rings (SSSR count). The van der Waals surface area contributed by atoms with Crippen molar-refractivity contribution < 1.29 is 5.11 Å². The van der Waals surface area contributed by atoms with E-state index in [9.17, 15) is 0 Å². The van der Waals surface area contributed by atoms with Crippen LogP contribution >= 0.6 is 15.9 Å². The van der Waals surface area contributed by atoms with E-state index in [2.05, 4.69) is 22.0 Å². The van der Waals surface area contributed by atoms with Gasteiger partial charge in [0.1, 0.15) is 6.07 Å². The average Bonchev–Trinajstić information content (AvgIpc) is 2.38. The lowest BCUT2D eigenvalue weighted by molar-refractivity contribution is 0.282. The molecule has 0 atom stereocenters. The molecule has 0 heterocycles. The molecule has 0 unspecified atom stereocenters. The van der Waals surface area contributed by atoms with E-state index in [1.165, 1.54) is 0 Å². The standard InChI is InChI=1S/C14H10BrNO/c15-14-6-2-5-12(13(14)8-16)11-4-1-3-10(7-11)9-17/h1-7,17H,9H2. The minimum Gasteiger partial charge on any atom is -0.392 e. The monoisotopic (exact) mass is 287 g/mol. The summed E-state index contributed by atoms with van der Waals surface area (Å²) in [5.74, 6) is 0. The number of nitriles is 1. The Kier molecular flexibility index (Phi) is 3.58. The summed E-state index contributed by atoms with van der Waals surface area (Å²) in [6, 6.07) is 15.4. The Morgan fingerprint density at radius 1 is 1.18 bits per heavy atom. The molecule has 1 N–H and O–H groups in total. The zero-order valence-corrected chi connectivity index (χ0v) is 10.6. The van der Waals surface area contributed by atoms with E-state index in [0.29, 0.717) is 5.56 Å². The van der Waals surface area contributed by atoms with Gasteiger partial charge < -0.3 is 5.11 Å². The first-order chi connectivity index (χ1) is 8.26. The maximum absolute atomic E-state index is 9.16. The van der Waals surface area contributed by atoms with Crippen molar-refractivity contribution in [3.8, 4) is 17.2 Å². The van der Waals surface area contributed by atoms with Crippen LogP contribution in [0.4, 0.5) is 0 Å². The summed E-state index contributed by atoms with van der Waals surface area (Å²) in [5, 5.41) is 18.3. The third-order valence-electron chi connectivity index (χ3n) is 2.55. The molecule has 2 aromatic rings. The van der Waals surface area contributed by atoms with Crippen LogP contribution in [0.5, 0.6) is 0 Å². The lowest BCUT2D eigenvalue weighted by atomic mass is 9.99. The van der Waals surface area contributed by atoms with E-state index < -0.39 is 0 Å². The Morgan fingerprint density at radius 3 is 2.65 bits per heavy atom. The molecule has 0 spiro atoms. The smallest absolute Gasteiger partial charge is 0.101 e. The van der Waals surface area contributed by atoms with Crippen LogP contribution in [0.15, 0.2) is 46.9 Å². The highest BCUT2D eigenvalue weighted by atomic mass is 79.9. The van der Waals surface area contributed by atoms with Gasteiger partial charge in [-0.25, -0.2) is 0 Å². The molecule has 0 amide bonds. The zero-order valence-electron chi connectivity index (χ0n) is 9.02. The normalized spacial score (nSPS) is 9.94. The van der Waals surface area contributed by atoms with Crippen molar-refractivity contribution in [3.05, 3.63) is 58.1 Å². The quantitative estimate of drug-likeness (QED) is 0.919. The first-order valence-electron chi connectivity index (χ1n) is 5.15. The molecule has 17 heavy (non-hydrogen) atoms. The second-order valence-electron chi connectivity index (χ2n) is 3.63. The molecule has 0 aromatic heterocycles. The maximum atomic E-state index is 9.16. The Labute approximate surface area is 108 Å². The van der Waals surface area contributed by atoms with Crippen LogP contribution in [-0.2, 0) is 6.61 Å². The van der Waals surface area contributed by atoms with Crippen LogP contribution in [0.2, 0.25) is 0 Å². The lowest BCUT2D eigenvalue weighted by Crippen LogP contribution is -1.88. The van der Waals surface area contributed by atoms with Crippen LogP contribution in [-0.4, -0.2) is 5.11 Å². The number of hydrogen-bond donors (Lipinski definition) is 1. The van der Waals surface area contributed by atoms with Gasteiger partial charge in [-0.05, 0) is 39.2 Å². The van der Waals surface area contributed by atoms with Crippen molar-refractivity contribution in [3.63, 3.8) is 0 Å². The summed E-state index contributed by atoms with van der Waals surface area (Å²) in [6.45, 7) is 0.00370. The minimum atomic E-state index is 0.00370. The fraction of sp³-hybridized carbons (Fsp3) is 0.0714. The number of hydrogen-bond acceptors (Lipinski definition) is 2. The van der Waals surface area contributed by atoms with E-state index in [1.807, 2.05) is 42.5 Å². The van der Waals surface area contributed by atoms with Crippen molar-refractivity contribution in [1.29, 1.82) is 5.26 Å². The first kappa shape index (κ1) is 11.8. The molecule has 0 bridgehead atoms. The summed E-state index contributed by atoms with van der Waals surface area (Å²) in [7, 11) is 0. The fourth-order valence-corrected chi connectivity index (χ4v) is 2.17. The molecular formula is C14H10BrNO. The highest BCUT2D eigenvalue weighted by molar-refractivity contribution is 9.10. The predicted octanol–water partition coefficient (Wildman–Crippen LogP) is 3.48. The van der Waals surface area contributed by atoms with Crippen molar-refractivity contribution >= 4 is 15.9 Å². The van der Waals surface area contributed by atoms with Crippen molar-refractivity contribution in [1.82, 2.24) is 0 Å². The number of rotatable bonds is 2. The Bertz CT molecular complexity index is 587. The summed E-state index contributed by atoms with van der Waals surface area (Å²) in [5.41, 5.74) is 3.26. The van der Waals surface area contributed by atoms with Gasteiger partial charge in [-0.3, -0.25) is 0 Å². The molecule has 0 fully saturated rings. The van der Waals surface area contributed by atoms with Gasteiger partial charge in [-0.15, -0.1) is 0 Å². The Morgan fingerprint density at radius 2 is 1.94 bits per heavy atom. The minimum absolute atomic E-state index is 0.00370. The SMILES string of the molecule is N#Cc1c(Br)cccc1-c1cccc(CO)c1. The van der Waals surface area contributed by atoms with Gasteiger partial charge in [0, 0.05) is 10.0 Å². The molecule has 3 heteroatoms. The Hall–Kier alpha value is -1.63. The van der Waals surface area contributed by atoms with E-state index in [1.54, 1.807) is 0 Å². The summed E-state index contributed by atoms with van der Waals surface area (Å²) < 4.78 is 0.784. The predicted molar refractivity (Wildman–Crippen MR) is 70.2 cm³/mol. The van der Waals surface area contributed by atoms with Gasteiger partial charge in [-0.2, -0.15) is 5.26 Å². The summed E-state index contributed by atoms with van der Waals surface area (Å²) in [6.07, 6.45) is 0. The second kappa shape index (κ2) is 5.13. The molecule has 0 radical (unpaired) electrons. The number of aliphatic hydroxyl groups is 1. The van der Waals surface area contributed by atoms with Crippen molar-refractivity contribution in [2.75, 3.05) is 0 Å². The van der Waals surface area contributed by atoms with Gasteiger partial charge in [0.25, 0.3) is 0 Å². The molecule has 0 aliphatic heterocycles. The van der Waals surface area contributed by atoms with E-state index >= 15 is 0 Å². The van der Waals surface area contributed by atoms with Crippen LogP contribution in [0.25, 0.3) is 11.1 Å². The first-order valence-corrected chi connectivity index (χ1v) is 5.94. The molecule has 0 aliphatic carbocycles.